The molecule has 0 aromatic carbocycles. The van der Waals surface area contributed by atoms with Gasteiger partial charge in [-0.05, 0) is 6.07 Å². The molecule has 0 aliphatic rings. The Kier molecular flexibility index (Phi) is 3.33. The van der Waals surface area contributed by atoms with Gasteiger partial charge in [-0.1, -0.05) is 0 Å². The minimum atomic E-state index is -0.908. The van der Waals surface area contributed by atoms with Gasteiger partial charge >= 0.3 is 5.97 Å². The van der Waals surface area contributed by atoms with E-state index < -0.39 is 5.97 Å². The number of aromatic nitrogens is 1. The van der Waals surface area contributed by atoms with Crippen LogP contribution in [0.25, 0.3) is 10.6 Å². The van der Waals surface area contributed by atoms with Gasteiger partial charge in [0.25, 0.3) is 0 Å². The number of thiazole rings is 1. The molecule has 0 amide bonds. The lowest BCUT2D eigenvalue weighted by Gasteiger charge is -1.90. The third-order valence-electron chi connectivity index (χ3n) is 1.92. The fourth-order valence-corrected chi connectivity index (χ4v) is 2.88. The van der Waals surface area contributed by atoms with Gasteiger partial charge in [-0.15, -0.1) is 22.7 Å². The van der Waals surface area contributed by atoms with E-state index in [1.807, 2.05) is 5.38 Å². The van der Waals surface area contributed by atoms with E-state index in [1.165, 1.54) is 22.7 Å². The molecule has 0 fully saturated rings. The standard InChI is InChI=1S/C10H9NO3S2/c1-14-3-9-11-7(5-16-9)8-2-6(4-15-8)10(12)13/h2,4-5H,3H2,1H3,(H,12,13). The number of hydrogen-bond donors (Lipinski definition) is 1. The summed E-state index contributed by atoms with van der Waals surface area (Å²) in [6.07, 6.45) is 0. The Morgan fingerprint density at radius 1 is 1.50 bits per heavy atom. The lowest BCUT2D eigenvalue weighted by Crippen LogP contribution is -1.91. The second-order valence-electron chi connectivity index (χ2n) is 3.06. The van der Waals surface area contributed by atoms with E-state index >= 15 is 0 Å². The maximum atomic E-state index is 10.7. The van der Waals surface area contributed by atoms with E-state index in [4.69, 9.17) is 9.84 Å². The van der Waals surface area contributed by atoms with Gasteiger partial charge in [0.05, 0.1) is 22.7 Å². The molecule has 0 bridgehead atoms. The van der Waals surface area contributed by atoms with E-state index in [2.05, 4.69) is 4.98 Å². The van der Waals surface area contributed by atoms with Crippen LogP contribution in [0.5, 0.6) is 0 Å². The van der Waals surface area contributed by atoms with Gasteiger partial charge in [0.2, 0.25) is 0 Å². The molecule has 4 nitrogen and oxygen atoms in total. The van der Waals surface area contributed by atoms with E-state index in [0.29, 0.717) is 12.2 Å². The van der Waals surface area contributed by atoms with Gasteiger partial charge in [-0.2, -0.15) is 0 Å². The summed E-state index contributed by atoms with van der Waals surface area (Å²) >= 11 is 2.89. The molecule has 0 unspecified atom stereocenters. The highest BCUT2D eigenvalue weighted by Gasteiger charge is 2.10. The van der Waals surface area contributed by atoms with Gasteiger partial charge in [-0.3, -0.25) is 0 Å². The van der Waals surface area contributed by atoms with Crippen molar-refractivity contribution in [2.75, 3.05) is 7.11 Å². The number of carboxylic acid groups (broad SMARTS) is 1. The van der Waals surface area contributed by atoms with Crippen LogP contribution in [0.3, 0.4) is 0 Å². The third kappa shape index (κ3) is 2.29. The van der Waals surface area contributed by atoms with Crippen molar-refractivity contribution in [1.29, 1.82) is 0 Å². The number of thiophene rings is 1. The van der Waals surface area contributed by atoms with Crippen molar-refractivity contribution in [1.82, 2.24) is 4.98 Å². The predicted octanol–water partition coefficient (Wildman–Crippen LogP) is 2.72. The number of ether oxygens (including phenoxy) is 1. The lowest BCUT2D eigenvalue weighted by atomic mass is 10.3. The fourth-order valence-electron chi connectivity index (χ4n) is 1.20. The maximum Gasteiger partial charge on any atom is 0.336 e. The largest absolute Gasteiger partial charge is 0.478 e. The number of nitrogens with zero attached hydrogens (tertiary/aromatic N) is 1. The Morgan fingerprint density at radius 3 is 2.94 bits per heavy atom. The second-order valence-corrected chi connectivity index (χ2v) is 4.92. The molecule has 16 heavy (non-hydrogen) atoms. The van der Waals surface area contributed by atoms with Gasteiger partial charge in [-0.25, -0.2) is 9.78 Å². The minimum Gasteiger partial charge on any atom is -0.478 e. The fraction of sp³-hybridized carbons (Fsp3) is 0.200. The van der Waals surface area contributed by atoms with Gasteiger partial charge in [0.15, 0.2) is 0 Å². The van der Waals surface area contributed by atoms with E-state index in [1.54, 1.807) is 18.6 Å². The summed E-state index contributed by atoms with van der Waals surface area (Å²) in [5.41, 5.74) is 1.12. The first-order valence-electron chi connectivity index (χ1n) is 4.46. The van der Waals surface area contributed by atoms with Crippen LogP contribution >= 0.6 is 22.7 Å². The number of aromatic carboxylic acids is 1. The summed E-state index contributed by atoms with van der Waals surface area (Å²) < 4.78 is 4.98. The van der Waals surface area contributed by atoms with Crippen molar-refractivity contribution >= 4 is 28.6 Å². The summed E-state index contributed by atoms with van der Waals surface area (Å²) in [6, 6.07) is 1.64. The van der Waals surface area contributed by atoms with E-state index in [0.717, 1.165) is 15.6 Å². The molecule has 0 radical (unpaired) electrons. The average Bonchev–Trinajstić information content (AvgIpc) is 2.84. The highest BCUT2D eigenvalue weighted by atomic mass is 32.1. The zero-order chi connectivity index (χ0) is 11.5. The van der Waals surface area contributed by atoms with Crippen LogP contribution in [0.4, 0.5) is 0 Å². The Balaban J connectivity index is 2.24. The molecule has 6 heteroatoms. The predicted molar refractivity (Wildman–Crippen MR) is 63.1 cm³/mol. The molecule has 2 rings (SSSR count). The first kappa shape index (κ1) is 11.3. The second kappa shape index (κ2) is 4.73. The molecule has 0 saturated heterocycles. The monoisotopic (exact) mass is 255 g/mol. The topological polar surface area (TPSA) is 59.4 Å². The summed E-state index contributed by atoms with van der Waals surface area (Å²) in [7, 11) is 1.62. The Bertz CT molecular complexity index is 504. The highest BCUT2D eigenvalue weighted by molar-refractivity contribution is 7.14. The summed E-state index contributed by atoms with van der Waals surface area (Å²) in [5.74, 6) is -0.908. The van der Waals surface area contributed by atoms with Gasteiger partial charge < -0.3 is 9.84 Å². The van der Waals surface area contributed by atoms with Crippen LogP contribution in [0.15, 0.2) is 16.8 Å². The molecular weight excluding hydrogens is 246 g/mol. The van der Waals surface area contributed by atoms with E-state index in [-0.39, 0.29) is 0 Å². The molecule has 0 atom stereocenters. The molecule has 0 aliphatic heterocycles. The Hall–Kier alpha value is -1.24. The third-order valence-corrected chi connectivity index (χ3v) is 3.69. The normalized spacial score (nSPS) is 10.6. The van der Waals surface area contributed by atoms with Crippen molar-refractivity contribution in [3.8, 4) is 10.6 Å². The van der Waals surface area contributed by atoms with Crippen LogP contribution in [0.1, 0.15) is 15.4 Å². The van der Waals surface area contributed by atoms with Crippen LogP contribution in [0, 0.1) is 0 Å². The average molecular weight is 255 g/mol. The number of carboxylic acids is 1. The van der Waals surface area contributed by atoms with Crippen molar-refractivity contribution in [2.24, 2.45) is 0 Å². The van der Waals surface area contributed by atoms with Crippen LogP contribution in [-0.4, -0.2) is 23.2 Å². The highest BCUT2D eigenvalue weighted by Crippen LogP contribution is 2.28. The number of hydrogen-bond acceptors (Lipinski definition) is 5. The molecule has 2 aromatic rings. The minimum absolute atomic E-state index is 0.307. The first-order chi connectivity index (χ1) is 7.70. The molecule has 1 N–H and O–H groups in total. The van der Waals surface area contributed by atoms with Crippen LogP contribution < -0.4 is 0 Å². The summed E-state index contributed by atoms with van der Waals surface area (Å²) in [4.78, 5) is 15.9. The molecule has 2 heterocycles. The molecule has 84 valence electrons. The van der Waals surface area contributed by atoms with Crippen molar-refractivity contribution in [2.45, 2.75) is 6.61 Å². The molecule has 0 spiro atoms. The Labute approximate surface area is 100 Å². The zero-order valence-electron chi connectivity index (χ0n) is 8.47. The van der Waals surface area contributed by atoms with Crippen LogP contribution in [-0.2, 0) is 11.3 Å². The van der Waals surface area contributed by atoms with E-state index in [9.17, 15) is 4.79 Å². The SMILES string of the molecule is COCc1nc(-c2cc(C(=O)O)cs2)cs1. The maximum absolute atomic E-state index is 10.7. The summed E-state index contributed by atoms with van der Waals surface area (Å²) in [5, 5.41) is 13.2. The lowest BCUT2D eigenvalue weighted by molar-refractivity contribution is 0.0697. The number of rotatable bonds is 4. The molecule has 0 aliphatic carbocycles. The van der Waals surface area contributed by atoms with Crippen LogP contribution in [0.2, 0.25) is 0 Å². The van der Waals surface area contributed by atoms with Crippen molar-refractivity contribution < 1.29 is 14.6 Å². The smallest absolute Gasteiger partial charge is 0.336 e. The molecule has 2 aromatic heterocycles. The summed E-state index contributed by atoms with van der Waals surface area (Å²) in [6.45, 7) is 0.488. The quantitative estimate of drug-likeness (QED) is 0.912. The number of carbonyl (C=O) groups is 1. The Morgan fingerprint density at radius 2 is 2.31 bits per heavy atom. The number of methoxy groups -OCH3 is 1. The van der Waals surface area contributed by atoms with Crippen molar-refractivity contribution in [3.63, 3.8) is 0 Å². The zero-order valence-corrected chi connectivity index (χ0v) is 10.1. The van der Waals surface area contributed by atoms with Crippen molar-refractivity contribution in [3.05, 3.63) is 27.4 Å². The van der Waals surface area contributed by atoms with Gasteiger partial charge in [0.1, 0.15) is 5.01 Å². The molecular formula is C10H9NO3S2. The molecule has 0 saturated carbocycles. The first-order valence-corrected chi connectivity index (χ1v) is 6.22. The van der Waals surface area contributed by atoms with Gasteiger partial charge in [0, 0.05) is 17.9 Å².